The quantitative estimate of drug-likeness (QED) is 0.166. The van der Waals surface area contributed by atoms with Crippen LogP contribution in [0.2, 0.25) is 18.6 Å². The Hall–Kier alpha value is 0.0738. The maximum absolute atomic E-state index is 5.74. The summed E-state index contributed by atoms with van der Waals surface area (Å²) in [5, 5.41) is 6.49. The van der Waals surface area contributed by atoms with Gasteiger partial charge in [0.05, 0.1) is 0 Å². The topological polar surface area (TPSA) is 122 Å². The Kier molecular flexibility index (Phi) is 23.0. The molecule has 9 nitrogen and oxygen atoms in total. The molecular weight excluding hydrogens is 408 g/mol. The van der Waals surface area contributed by atoms with E-state index in [-0.39, 0.29) is 0 Å². The van der Waals surface area contributed by atoms with E-state index in [1.54, 1.807) is 21.3 Å². The smallest absolute Gasteiger partial charge is 0.395 e. The van der Waals surface area contributed by atoms with Crippen LogP contribution in [0.25, 0.3) is 0 Å². The summed E-state index contributed by atoms with van der Waals surface area (Å²) < 4.78 is 27.3. The van der Waals surface area contributed by atoms with E-state index in [2.05, 4.69) is 17.2 Å². The maximum atomic E-state index is 5.74. The largest absolute Gasteiger partial charge is 0.500 e. The van der Waals surface area contributed by atoms with Gasteiger partial charge in [-0.2, -0.15) is 0 Å². The minimum absolute atomic E-state index is 0.668. The van der Waals surface area contributed by atoms with Crippen LogP contribution >= 0.6 is 0 Å². The Balaban J connectivity index is 0. The van der Waals surface area contributed by atoms with Gasteiger partial charge < -0.3 is 44.2 Å². The van der Waals surface area contributed by atoms with E-state index in [1.807, 2.05) is 13.8 Å². The predicted molar refractivity (Wildman–Crippen MR) is 124 cm³/mol. The molecule has 0 bridgehead atoms. The van der Waals surface area contributed by atoms with E-state index in [0.717, 1.165) is 64.3 Å². The molecule has 0 aliphatic carbocycles. The van der Waals surface area contributed by atoms with Crippen molar-refractivity contribution >= 4 is 17.4 Å². The normalized spacial score (nSPS) is 12.0. The molecule has 6 N–H and O–H groups in total. The minimum Gasteiger partial charge on any atom is -0.395 e. The van der Waals surface area contributed by atoms with Gasteiger partial charge in [0.1, 0.15) is 0 Å². The fourth-order valence-corrected chi connectivity index (χ4v) is 6.91. The zero-order valence-electron chi connectivity index (χ0n) is 19.7. The summed E-state index contributed by atoms with van der Waals surface area (Å²) in [5.74, 6) is 0. The molecule has 0 amide bonds. The highest BCUT2D eigenvalue weighted by molar-refractivity contribution is 6.66. The molecule has 29 heavy (non-hydrogen) atoms. The molecule has 0 unspecified atom stereocenters. The van der Waals surface area contributed by atoms with Crippen LogP contribution in [0.5, 0.6) is 0 Å². The van der Waals surface area contributed by atoms with Gasteiger partial charge in [-0.1, -0.05) is 0 Å². The lowest BCUT2D eigenvalue weighted by Gasteiger charge is -2.25. The van der Waals surface area contributed by atoms with Gasteiger partial charge in [0.25, 0.3) is 0 Å². The average Bonchev–Trinajstić information content (AvgIpc) is 2.72. The second-order valence-corrected chi connectivity index (χ2v) is 13.0. The van der Waals surface area contributed by atoms with Gasteiger partial charge in [0.2, 0.25) is 0 Å². The van der Waals surface area contributed by atoms with Gasteiger partial charge in [-0.15, -0.1) is 0 Å². The van der Waals surface area contributed by atoms with Crippen molar-refractivity contribution < 1.29 is 22.1 Å². The molecule has 0 saturated heterocycles. The molecule has 0 rings (SSSR count). The van der Waals surface area contributed by atoms with Gasteiger partial charge in [-0.25, -0.2) is 0 Å². The van der Waals surface area contributed by atoms with Crippen molar-refractivity contribution in [2.75, 3.05) is 73.8 Å². The summed E-state index contributed by atoms with van der Waals surface area (Å²) in [6, 6.07) is 1.88. The predicted octanol–water partition coefficient (Wildman–Crippen LogP) is 0.873. The van der Waals surface area contributed by atoms with Crippen molar-refractivity contribution in [1.29, 1.82) is 0 Å². The standard InChI is InChI=1S/C10H26N2O2Si.C8H22N2O3Si/c1-4-13-15(3,14-5-2)10-6-8-12-9-7-11;1-11-14(12-2,13-3)8-4-6-10-7-5-9/h12H,4-11H2,1-3H3;10H,4-9H2,1-3H3. The molecule has 0 fully saturated rings. The molecule has 11 heteroatoms. The van der Waals surface area contributed by atoms with Crippen LogP contribution in [0.1, 0.15) is 26.7 Å². The highest BCUT2D eigenvalue weighted by Gasteiger charge is 2.36. The van der Waals surface area contributed by atoms with Crippen LogP contribution in [0.4, 0.5) is 0 Å². The Morgan fingerprint density at radius 2 is 1.10 bits per heavy atom. The Morgan fingerprint density at radius 3 is 1.45 bits per heavy atom. The van der Waals surface area contributed by atoms with E-state index in [1.165, 1.54) is 0 Å². The van der Waals surface area contributed by atoms with Crippen LogP contribution in [0, 0.1) is 0 Å². The molecule has 0 aliphatic rings. The molecule has 0 aromatic carbocycles. The van der Waals surface area contributed by atoms with Gasteiger partial charge in [0.15, 0.2) is 0 Å². The molecule has 0 aliphatic heterocycles. The maximum Gasteiger partial charge on any atom is 0.500 e. The number of rotatable bonds is 19. The first-order valence-corrected chi connectivity index (χ1v) is 15.1. The summed E-state index contributed by atoms with van der Waals surface area (Å²) in [6.07, 6.45) is 2.07. The molecule has 178 valence electrons. The number of hydrogen-bond acceptors (Lipinski definition) is 9. The lowest BCUT2D eigenvalue weighted by atomic mass is 10.5. The molecule has 0 spiro atoms. The van der Waals surface area contributed by atoms with E-state index < -0.39 is 17.4 Å². The molecule has 0 radical (unpaired) electrons. The van der Waals surface area contributed by atoms with E-state index in [9.17, 15) is 0 Å². The first kappa shape index (κ1) is 31.3. The third-order valence-electron chi connectivity index (χ3n) is 4.30. The van der Waals surface area contributed by atoms with Crippen molar-refractivity contribution in [2.24, 2.45) is 11.5 Å². The third kappa shape index (κ3) is 17.4. The summed E-state index contributed by atoms with van der Waals surface area (Å²) in [6.45, 7) is 12.7. The lowest BCUT2D eigenvalue weighted by Crippen LogP contribution is -2.43. The summed E-state index contributed by atoms with van der Waals surface area (Å²) >= 11 is 0. The zero-order chi connectivity index (χ0) is 22.4. The molecule has 0 aromatic heterocycles. The van der Waals surface area contributed by atoms with Crippen LogP contribution in [0.15, 0.2) is 0 Å². The second-order valence-electron chi connectivity index (χ2n) is 6.58. The number of hydrogen-bond donors (Lipinski definition) is 4. The van der Waals surface area contributed by atoms with Crippen LogP contribution in [-0.4, -0.2) is 91.2 Å². The van der Waals surface area contributed by atoms with Crippen molar-refractivity contribution in [3.8, 4) is 0 Å². The Bertz CT molecular complexity index is 329. The molecule has 0 atom stereocenters. The zero-order valence-corrected chi connectivity index (χ0v) is 21.7. The first-order valence-electron chi connectivity index (χ1n) is 10.7. The second kappa shape index (κ2) is 21.3. The molecule has 0 aromatic rings. The fraction of sp³-hybridized carbons (Fsp3) is 1.00. The lowest BCUT2D eigenvalue weighted by molar-refractivity contribution is 0.123. The monoisotopic (exact) mass is 456 g/mol. The first-order chi connectivity index (χ1) is 13.9. The summed E-state index contributed by atoms with van der Waals surface area (Å²) in [4.78, 5) is 0. The van der Waals surface area contributed by atoms with Crippen molar-refractivity contribution in [2.45, 2.75) is 45.3 Å². The van der Waals surface area contributed by atoms with Gasteiger partial charge >= 0.3 is 17.4 Å². The highest BCUT2D eigenvalue weighted by Crippen LogP contribution is 2.15. The Morgan fingerprint density at radius 1 is 0.690 bits per heavy atom. The number of nitrogens with one attached hydrogen (secondary N) is 2. The molecular formula is C18H48N4O5Si2. The van der Waals surface area contributed by atoms with E-state index >= 15 is 0 Å². The highest BCUT2D eigenvalue weighted by atomic mass is 28.4. The van der Waals surface area contributed by atoms with Crippen molar-refractivity contribution in [3.05, 3.63) is 0 Å². The SMILES string of the molecule is CCO[Si](C)(CCCNCCN)OCC.CO[Si](CCCNCCN)(OC)OC. The Labute approximate surface area is 181 Å². The summed E-state index contributed by atoms with van der Waals surface area (Å²) in [7, 11) is 0.665. The van der Waals surface area contributed by atoms with Crippen molar-refractivity contribution in [3.63, 3.8) is 0 Å². The van der Waals surface area contributed by atoms with Crippen LogP contribution in [-0.2, 0) is 22.1 Å². The van der Waals surface area contributed by atoms with E-state index in [4.69, 9.17) is 33.6 Å². The molecule has 0 heterocycles. The molecule has 0 saturated carbocycles. The minimum atomic E-state index is -2.35. The third-order valence-corrected chi connectivity index (χ3v) is 10.2. The van der Waals surface area contributed by atoms with Crippen LogP contribution in [0.3, 0.4) is 0 Å². The van der Waals surface area contributed by atoms with Crippen LogP contribution < -0.4 is 22.1 Å². The van der Waals surface area contributed by atoms with Gasteiger partial charge in [-0.3, -0.25) is 0 Å². The fourth-order valence-electron chi connectivity index (χ4n) is 2.77. The average molecular weight is 457 g/mol. The number of nitrogens with two attached hydrogens (primary N) is 2. The van der Waals surface area contributed by atoms with Gasteiger partial charge in [0, 0.05) is 66.8 Å². The van der Waals surface area contributed by atoms with Gasteiger partial charge in [-0.05, 0) is 52.4 Å². The van der Waals surface area contributed by atoms with Crippen molar-refractivity contribution in [1.82, 2.24) is 10.6 Å². The summed E-state index contributed by atoms with van der Waals surface area (Å²) in [5.41, 5.74) is 10.7. The van der Waals surface area contributed by atoms with E-state index in [0.29, 0.717) is 13.1 Å².